The van der Waals surface area contributed by atoms with E-state index in [1.54, 1.807) is 0 Å². The summed E-state index contributed by atoms with van der Waals surface area (Å²) in [5.74, 6) is 0.287. The van der Waals surface area contributed by atoms with E-state index < -0.39 is 22.2 Å². The molecule has 2 fully saturated rings. The van der Waals surface area contributed by atoms with Gasteiger partial charge in [-0.3, -0.25) is 14.3 Å². The summed E-state index contributed by atoms with van der Waals surface area (Å²) in [6, 6.07) is 17.7. The molecule has 6 aromatic rings. The minimum atomic E-state index is -0.420. The number of anilines is 1. The molecule has 1 atom stereocenters. The second kappa shape index (κ2) is 21.9. The average molecular weight is 1080 g/mol. The molecule has 8 heterocycles. The van der Waals surface area contributed by atoms with Gasteiger partial charge in [0.15, 0.2) is 5.71 Å². The summed E-state index contributed by atoms with van der Waals surface area (Å²) in [7, 11) is 0. The van der Waals surface area contributed by atoms with Crippen LogP contribution in [0.25, 0.3) is 0 Å². The fraction of sp³-hybridized carbons (Fsp3) is 0.550. The molecule has 4 aromatic heterocycles. The highest BCUT2D eigenvalue weighted by Crippen LogP contribution is 2.45. The van der Waals surface area contributed by atoms with Crippen LogP contribution in [0.15, 0.2) is 109 Å². The van der Waals surface area contributed by atoms with E-state index in [-0.39, 0.29) is 23.4 Å². The molecular weight excluding hydrogens is 991 g/mol. The zero-order valence-electron chi connectivity index (χ0n) is 48.7. The zero-order chi connectivity index (χ0) is 56.1. The summed E-state index contributed by atoms with van der Waals surface area (Å²) in [5, 5.41) is 61.8. The van der Waals surface area contributed by atoms with Crippen molar-refractivity contribution in [1.29, 1.82) is 0 Å². The van der Waals surface area contributed by atoms with E-state index in [1.165, 1.54) is 44.0 Å². The first-order valence-corrected chi connectivity index (χ1v) is 28.5. The molecule has 10 rings (SSSR count). The highest BCUT2D eigenvalue weighted by Gasteiger charge is 2.48. The third-order valence-electron chi connectivity index (χ3n) is 17.1. The Balaban J connectivity index is 0.768. The lowest BCUT2D eigenvalue weighted by Gasteiger charge is -2.51. The van der Waals surface area contributed by atoms with Crippen LogP contribution in [0.1, 0.15) is 167 Å². The van der Waals surface area contributed by atoms with Gasteiger partial charge in [0.2, 0.25) is 5.69 Å². The number of allylic oxidation sites excluding steroid dienone is 6. The molecule has 0 aliphatic carbocycles. The normalized spacial score (nSPS) is 21.7. The quantitative estimate of drug-likeness (QED) is 0.0578. The van der Waals surface area contributed by atoms with Crippen molar-refractivity contribution in [3.63, 3.8) is 0 Å². The van der Waals surface area contributed by atoms with Gasteiger partial charge in [0, 0.05) is 95.7 Å². The number of rotatable bonds is 19. The summed E-state index contributed by atoms with van der Waals surface area (Å²) >= 11 is 0. The lowest BCUT2D eigenvalue weighted by Crippen LogP contribution is -2.59. The molecule has 19 nitrogen and oxygen atoms in total. The number of piperidine rings is 2. The van der Waals surface area contributed by atoms with Crippen LogP contribution in [0.4, 0.5) is 11.4 Å². The van der Waals surface area contributed by atoms with Crippen molar-refractivity contribution in [3.05, 3.63) is 143 Å². The number of benzene rings is 2. The van der Waals surface area contributed by atoms with Gasteiger partial charge >= 0.3 is 0 Å². The van der Waals surface area contributed by atoms with Gasteiger partial charge in [-0.05, 0) is 132 Å². The summed E-state index contributed by atoms with van der Waals surface area (Å²) in [4.78, 5) is 4.73. The Morgan fingerprint density at radius 1 is 0.608 bits per heavy atom. The summed E-state index contributed by atoms with van der Waals surface area (Å²) in [6.07, 6.45) is 23.9. The van der Waals surface area contributed by atoms with Crippen LogP contribution in [0.2, 0.25) is 0 Å². The average Bonchev–Trinajstić information content (AvgIpc) is 4.51. The minimum absolute atomic E-state index is 0.0562. The Kier molecular flexibility index (Phi) is 15.4. The molecule has 2 N–H and O–H groups in total. The summed E-state index contributed by atoms with van der Waals surface area (Å²) < 4.78 is 10.1. The predicted octanol–water partition coefficient (Wildman–Crippen LogP) is 9.77. The van der Waals surface area contributed by atoms with E-state index in [0.717, 1.165) is 74.4 Å². The third kappa shape index (κ3) is 11.6. The van der Waals surface area contributed by atoms with Crippen molar-refractivity contribution < 1.29 is 15.0 Å². The maximum atomic E-state index is 11.0. The number of fused-ring (bicyclic) bond motifs is 2. The van der Waals surface area contributed by atoms with Crippen LogP contribution in [-0.2, 0) is 44.6 Å². The summed E-state index contributed by atoms with van der Waals surface area (Å²) in [5.41, 5.74) is 9.63. The first-order chi connectivity index (χ1) is 37.5. The maximum Gasteiger partial charge on any atom is 0.209 e. The second-order valence-corrected chi connectivity index (χ2v) is 25.6. The number of hydrogen-bond donors (Lipinski definition) is 2. The van der Waals surface area contributed by atoms with E-state index >= 15 is 0 Å². The molecule has 0 radical (unpaired) electrons. The molecule has 79 heavy (non-hydrogen) atoms. The first kappa shape index (κ1) is 55.8. The van der Waals surface area contributed by atoms with Crippen LogP contribution in [0, 0.1) is 0 Å². The topological polar surface area (TPSA) is 179 Å². The van der Waals surface area contributed by atoms with Crippen LogP contribution in [0.3, 0.4) is 0 Å². The van der Waals surface area contributed by atoms with E-state index in [4.69, 9.17) is 0 Å². The van der Waals surface area contributed by atoms with Crippen molar-refractivity contribution in [2.24, 2.45) is 0 Å². The standard InChI is InChI=1S/C60H84N17O2/c1-13-72-54-27-20-18-24-51(54)60(11,12)55(72)28-16-14-15-25-52-43(2)50-23-17-19-26-53(50)73(52)29-21-22-44-39-70(65-61-44)30-31-71-40-45(62-66-71)36-69(37-46-41-74(67-63-46)48-32-56(3,4)76(78)57(5,6)33-48)38-47-42-75(68-64-47)49-34-58(7,8)77(79)59(9,10)35-49/h14-20,23-28,39-43,48-49,78-79H,13,21-22,29-38H2,1-12H3/q+1. The predicted molar refractivity (Wildman–Crippen MR) is 305 cm³/mol. The highest BCUT2D eigenvalue weighted by molar-refractivity contribution is 6.03. The molecular formula is C60H84N17O2+. The van der Waals surface area contributed by atoms with Gasteiger partial charge < -0.3 is 15.3 Å². The number of aromatic nitrogens is 12. The SMILES string of the molecule is CC[N+]1=C(C=CC=CC=C2C(C)c3ccccc3N2CCCc2cn(CCn3cc(CN(Cc4cn(C5CC(C)(C)N(O)C(C)(C)C5)nn4)Cc4cn(C5CC(C)(C)N(O)C(C)(C)C5)nn4)nn3)nn2)C(C)(C)c2ccccc21. The van der Waals surface area contributed by atoms with E-state index in [2.05, 4.69) is 224 Å². The van der Waals surface area contributed by atoms with Crippen LogP contribution in [-0.4, -0.2) is 131 Å². The lowest BCUT2D eigenvalue weighted by molar-refractivity contribution is -0.433. The fourth-order valence-corrected chi connectivity index (χ4v) is 13.5. The number of nitrogens with zero attached hydrogens (tertiary/aromatic N) is 17. The second-order valence-electron chi connectivity index (χ2n) is 25.6. The number of aryl methyl sites for hydroxylation is 3. The first-order valence-electron chi connectivity index (χ1n) is 28.5. The molecule has 2 saturated heterocycles. The van der Waals surface area contributed by atoms with Crippen LogP contribution in [0.5, 0.6) is 0 Å². The summed E-state index contributed by atoms with van der Waals surface area (Å²) in [6.45, 7) is 30.2. The lowest BCUT2D eigenvalue weighted by atomic mass is 9.79. The molecule has 4 aliphatic rings. The number of hydrogen-bond acceptors (Lipinski definition) is 14. The smallest absolute Gasteiger partial charge is 0.209 e. The fourth-order valence-electron chi connectivity index (χ4n) is 13.5. The molecule has 0 bridgehead atoms. The minimum Gasteiger partial charge on any atom is -0.344 e. The van der Waals surface area contributed by atoms with Crippen LogP contribution < -0.4 is 4.90 Å². The van der Waals surface area contributed by atoms with Crippen molar-refractivity contribution in [3.8, 4) is 0 Å². The molecule has 4 aliphatic heterocycles. The van der Waals surface area contributed by atoms with E-state index in [9.17, 15) is 10.4 Å². The van der Waals surface area contributed by atoms with Gasteiger partial charge in [0.05, 0.1) is 65.8 Å². The van der Waals surface area contributed by atoms with E-state index in [1.807, 2.05) is 37.3 Å². The van der Waals surface area contributed by atoms with Gasteiger partial charge in [0.1, 0.15) is 6.54 Å². The van der Waals surface area contributed by atoms with Crippen molar-refractivity contribution in [2.45, 2.75) is 200 Å². The molecule has 2 aromatic carbocycles. The zero-order valence-corrected chi connectivity index (χ0v) is 48.7. The third-order valence-corrected chi connectivity index (χ3v) is 17.1. The van der Waals surface area contributed by atoms with Crippen LogP contribution >= 0.6 is 0 Å². The molecule has 0 amide bonds. The van der Waals surface area contributed by atoms with E-state index in [0.29, 0.717) is 32.7 Å². The number of hydroxylamine groups is 4. The van der Waals surface area contributed by atoms with Crippen molar-refractivity contribution in [1.82, 2.24) is 75.0 Å². The monoisotopic (exact) mass is 1070 g/mol. The van der Waals surface area contributed by atoms with Gasteiger partial charge in [-0.15, -0.1) is 20.4 Å². The van der Waals surface area contributed by atoms with Crippen molar-refractivity contribution >= 4 is 17.1 Å². The van der Waals surface area contributed by atoms with Gasteiger partial charge in [0.25, 0.3) is 0 Å². The largest absolute Gasteiger partial charge is 0.344 e. The Hall–Kier alpha value is -6.51. The molecule has 1 unspecified atom stereocenters. The maximum absolute atomic E-state index is 11.0. The van der Waals surface area contributed by atoms with Gasteiger partial charge in [-0.2, -0.15) is 14.7 Å². The van der Waals surface area contributed by atoms with Crippen molar-refractivity contribution in [2.75, 3.05) is 18.0 Å². The Bertz CT molecular complexity index is 3120. The highest BCUT2D eigenvalue weighted by atomic mass is 16.5. The molecule has 19 heteroatoms. The Morgan fingerprint density at radius 2 is 1.11 bits per heavy atom. The Morgan fingerprint density at radius 3 is 1.70 bits per heavy atom. The van der Waals surface area contributed by atoms with Gasteiger partial charge in [-0.1, -0.05) is 82.4 Å². The van der Waals surface area contributed by atoms with Gasteiger partial charge in [-0.25, -0.2) is 9.36 Å². The number of para-hydroxylation sites is 2. The Labute approximate surface area is 466 Å². The molecule has 0 saturated carbocycles. The molecule has 0 spiro atoms. The molecule has 420 valence electrons.